The van der Waals surface area contributed by atoms with Crippen molar-refractivity contribution in [1.29, 1.82) is 0 Å². The molecular weight excluding hydrogens is 450 g/mol. The SMILES string of the molecule is CN(C)CCc1c2c3oc(=O)ccc(=O)oc1n(CO)c2ccc3CS(=O)(=O)N1CCCC1. The first kappa shape index (κ1) is 23.4. The van der Waals surface area contributed by atoms with E-state index in [1.807, 2.05) is 19.0 Å². The zero-order valence-electron chi connectivity index (χ0n) is 18.6. The molecule has 1 aliphatic heterocycles. The highest BCUT2D eigenvalue weighted by atomic mass is 32.2. The van der Waals surface area contributed by atoms with Crippen LogP contribution in [0.3, 0.4) is 0 Å². The molecule has 0 radical (unpaired) electrons. The maximum Gasteiger partial charge on any atom is 0.337 e. The first-order valence-electron chi connectivity index (χ1n) is 10.7. The van der Waals surface area contributed by atoms with Crippen LogP contribution in [0.2, 0.25) is 0 Å². The number of fused-ring (bicyclic) bond motifs is 1. The largest absolute Gasteiger partial charge is 0.422 e. The minimum atomic E-state index is -3.62. The quantitative estimate of drug-likeness (QED) is 0.539. The summed E-state index contributed by atoms with van der Waals surface area (Å²) in [6.45, 7) is 1.03. The van der Waals surface area contributed by atoms with Crippen LogP contribution in [0.15, 0.2) is 42.7 Å². The highest BCUT2D eigenvalue weighted by molar-refractivity contribution is 7.88. The lowest BCUT2D eigenvalue weighted by Gasteiger charge is -2.16. The van der Waals surface area contributed by atoms with Gasteiger partial charge < -0.3 is 18.8 Å². The molecule has 1 fully saturated rings. The fourth-order valence-electron chi connectivity index (χ4n) is 4.22. The highest BCUT2D eigenvalue weighted by Crippen LogP contribution is 2.33. The summed E-state index contributed by atoms with van der Waals surface area (Å²) in [6, 6.07) is 5.11. The topological polar surface area (TPSA) is 126 Å². The lowest BCUT2D eigenvalue weighted by molar-refractivity contribution is 0.214. The summed E-state index contributed by atoms with van der Waals surface area (Å²) >= 11 is 0. The predicted molar refractivity (Wildman–Crippen MR) is 123 cm³/mol. The van der Waals surface area contributed by atoms with Crippen LogP contribution in [0.5, 0.6) is 0 Å². The number of aliphatic hydroxyl groups is 1. The van der Waals surface area contributed by atoms with Gasteiger partial charge in [-0.1, -0.05) is 6.07 Å². The molecule has 0 atom stereocenters. The van der Waals surface area contributed by atoms with Gasteiger partial charge in [-0.25, -0.2) is 22.3 Å². The van der Waals surface area contributed by atoms with Gasteiger partial charge in [0.05, 0.1) is 16.7 Å². The Kier molecular flexibility index (Phi) is 6.57. The Morgan fingerprint density at radius 3 is 2.33 bits per heavy atom. The Morgan fingerprint density at radius 2 is 1.70 bits per heavy atom. The predicted octanol–water partition coefficient (Wildman–Crippen LogP) is 1.24. The fraction of sp³-hybridized carbons (Fsp3) is 0.455. The summed E-state index contributed by atoms with van der Waals surface area (Å²) in [5.74, 6) is -0.332. The lowest BCUT2D eigenvalue weighted by Crippen LogP contribution is -2.29. The Labute approximate surface area is 190 Å². The molecule has 1 saturated heterocycles. The first-order chi connectivity index (χ1) is 15.7. The van der Waals surface area contributed by atoms with Crippen LogP contribution in [-0.2, 0) is 28.9 Å². The second kappa shape index (κ2) is 9.26. The second-order valence-corrected chi connectivity index (χ2v) is 10.4. The molecular formula is C22H27N3O7S. The van der Waals surface area contributed by atoms with Crippen molar-refractivity contribution in [2.75, 3.05) is 33.7 Å². The number of benzene rings is 1. The van der Waals surface area contributed by atoms with Crippen molar-refractivity contribution < 1.29 is 22.4 Å². The maximum absolute atomic E-state index is 13.0. The van der Waals surface area contributed by atoms with Crippen LogP contribution in [0.1, 0.15) is 24.0 Å². The minimum Gasteiger partial charge on any atom is -0.422 e. The molecule has 2 aromatic heterocycles. The van der Waals surface area contributed by atoms with Crippen LogP contribution in [0, 0.1) is 0 Å². The van der Waals surface area contributed by atoms with Gasteiger partial charge in [0.15, 0.2) is 0 Å². The van der Waals surface area contributed by atoms with Crippen molar-refractivity contribution in [3.8, 4) is 0 Å². The number of nitrogens with zero attached hydrogens (tertiary/aromatic N) is 3. The Bertz CT molecular complexity index is 1430. The molecule has 178 valence electrons. The van der Waals surface area contributed by atoms with Gasteiger partial charge in [0.2, 0.25) is 15.7 Å². The molecule has 1 N–H and O–H groups in total. The van der Waals surface area contributed by atoms with Gasteiger partial charge in [-0.15, -0.1) is 0 Å². The van der Waals surface area contributed by atoms with Gasteiger partial charge >= 0.3 is 11.3 Å². The van der Waals surface area contributed by atoms with Gasteiger partial charge in [0.1, 0.15) is 12.3 Å². The molecule has 10 nitrogen and oxygen atoms in total. The molecule has 11 heteroatoms. The number of aromatic nitrogens is 1. The summed E-state index contributed by atoms with van der Waals surface area (Å²) in [5, 5.41) is 10.5. The summed E-state index contributed by atoms with van der Waals surface area (Å²) in [5.41, 5.74) is -0.00168. The van der Waals surface area contributed by atoms with Crippen molar-refractivity contribution in [2.24, 2.45) is 0 Å². The van der Waals surface area contributed by atoms with Crippen LogP contribution >= 0.6 is 0 Å². The molecule has 4 rings (SSSR count). The molecule has 0 aliphatic carbocycles. The van der Waals surface area contributed by atoms with E-state index in [2.05, 4.69) is 0 Å². The molecule has 0 unspecified atom stereocenters. The highest BCUT2D eigenvalue weighted by Gasteiger charge is 2.28. The Morgan fingerprint density at radius 1 is 1.03 bits per heavy atom. The molecule has 1 aliphatic rings. The van der Waals surface area contributed by atoms with E-state index in [0.29, 0.717) is 48.1 Å². The third-order valence-corrected chi connectivity index (χ3v) is 7.64. The van der Waals surface area contributed by atoms with Crippen LogP contribution < -0.4 is 11.3 Å². The van der Waals surface area contributed by atoms with E-state index in [0.717, 1.165) is 25.0 Å². The lowest BCUT2D eigenvalue weighted by atomic mass is 10.1. The molecule has 0 saturated carbocycles. The first-order valence-corrected chi connectivity index (χ1v) is 12.3. The zero-order chi connectivity index (χ0) is 23.8. The van der Waals surface area contributed by atoms with Crippen molar-refractivity contribution in [2.45, 2.75) is 31.7 Å². The molecule has 0 spiro atoms. The monoisotopic (exact) mass is 477 g/mol. The third-order valence-electron chi connectivity index (χ3n) is 5.82. The van der Waals surface area contributed by atoms with Crippen molar-refractivity contribution in [3.63, 3.8) is 0 Å². The number of rotatable bonds is 7. The van der Waals surface area contributed by atoms with Gasteiger partial charge in [-0.3, -0.25) is 4.57 Å². The summed E-state index contributed by atoms with van der Waals surface area (Å²) in [7, 11) is 0.153. The molecule has 2 bridgehead atoms. The van der Waals surface area contributed by atoms with Crippen LogP contribution in [-0.4, -0.2) is 61.0 Å². The van der Waals surface area contributed by atoms with Gasteiger partial charge in [-0.2, -0.15) is 0 Å². The van der Waals surface area contributed by atoms with Gasteiger partial charge in [0.25, 0.3) is 0 Å². The average Bonchev–Trinajstić information content (AvgIpc) is 3.39. The zero-order valence-corrected chi connectivity index (χ0v) is 19.4. The molecule has 3 aromatic rings. The summed E-state index contributed by atoms with van der Waals surface area (Å²) < 4.78 is 40.1. The average molecular weight is 478 g/mol. The van der Waals surface area contributed by atoms with Crippen molar-refractivity contribution in [1.82, 2.24) is 13.8 Å². The van der Waals surface area contributed by atoms with E-state index in [4.69, 9.17) is 8.83 Å². The van der Waals surface area contributed by atoms with Gasteiger partial charge in [-0.05, 0) is 39.4 Å². The van der Waals surface area contributed by atoms with Crippen LogP contribution in [0.25, 0.3) is 22.2 Å². The van der Waals surface area contributed by atoms with Gasteiger partial charge in [0, 0.05) is 42.9 Å². The molecule has 3 heterocycles. The van der Waals surface area contributed by atoms with E-state index >= 15 is 0 Å². The minimum absolute atomic E-state index is 0.102. The van der Waals surface area contributed by atoms with Crippen molar-refractivity contribution in [3.05, 3.63) is 56.2 Å². The summed E-state index contributed by atoms with van der Waals surface area (Å²) in [4.78, 5) is 26.7. The van der Waals surface area contributed by atoms with Crippen molar-refractivity contribution >= 4 is 32.2 Å². The Balaban J connectivity index is 2.07. The standard InChI is InChI=1S/C22H27N3O7S/c1-23(2)12-9-16-20-17-6-5-15(13-33(29,30)24-10-3-4-11-24)21(20)31-18(27)7-8-19(28)32-22(16)25(17)14-26/h5-8,26H,3-4,9-14H2,1-2H3. The number of hydrogen-bond donors (Lipinski definition) is 1. The number of sulfonamides is 1. The normalized spacial score (nSPS) is 15.2. The third kappa shape index (κ3) is 4.67. The number of hydrogen-bond acceptors (Lipinski definition) is 8. The second-order valence-electron chi connectivity index (χ2n) is 8.39. The molecule has 0 amide bonds. The number of likely N-dealkylation sites (N-methyl/N-ethyl adjacent to an activating group) is 1. The van der Waals surface area contributed by atoms with E-state index in [9.17, 15) is 23.1 Å². The molecule has 33 heavy (non-hydrogen) atoms. The smallest absolute Gasteiger partial charge is 0.337 e. The fourth-order valence-corrected chi connectivity index (χ4v) is 5.84. The van der Waals surface area contributed by atoms with E-state index in [1.54, 1.807) is 12.1 Å². The molecule has 1 aromatic carbocycles. The Hall–Kier alpha value is -2.73. The van der Waals surface area contributed by atoms with E-state index in [-0.39, 0.29) is 17.0 Å². The van der Waals surface area contributed by atoms with Crippen LogP contribution in [0.4, 0.5) is 0 Å². The summed E-state index contributed by atoms with van der Waals surface area (Å²) in [6.07, 6.45) is 2.04. The van der Waals surface area contributed by atoms with E-state index in [1.165, 1.54) is 8.87 Å². The maximum atomic E-state index is 13.0. The van der Waals surface area contributed by atoms with E-state index < -0.39 is 28.0 Å². The number of aliphatic hydroxyl groups excluding tert-OH is 1.